The first-order valence-corrected chi connectivity index (χ1v) is 10.6. The van der Waals surface area contributed by atoms with Gasteiger partial charge in [0, 0.05) is 0 Å². The minimum Gasteiger partial charge on any atom is -0.0845 e. The Morgan fingerprint density at radius 2 is 0.500 bits per heavy atom. The molecule has 1 aliphatic carbocycles. The Morgan fingerprint density at radius 3 is 0.833 bits per heavy atom. The molecule has 0 aromatic carbocycles. The maximum absolute atomic E-state index is 2.30. The van der Waals surface area contributed by atoms with E-state index >= 15 is 0 Å². The van der Waals surface area contributed by atoms with Crippen LogP contribution in [0.25, 0.3) is 0 Å². The maximum Gasteiger partial charge on any atom is -0.0348 e. The van der Waals surface area contributed by atoms with Crippen LogP contribution in [0.4, 0.5) is 0 Å². The molecule has 0 saturated heterocycles. The van der Waals surface area contributed by atoms with Gasteiger partial charge in [0.1, 0.15) is 0 Å². The van der Waals surface area contributed by atoms with Crippen LogP contribution in [0, 0.1) is 0 Å². The van der Waals surface area contributed by atoms with Crippen LogP contribution in [0.1, 0.15) is 103 Å². The van der Waals surface area contributed by atoms with Gasteiger partial charge in [0.15, 0.2) is 0 Å². The van der Waals surface area contributed by atoms with Crippen molar-refractivity contribution in [3.63, 3.8) is 0 Å². The molecule has 0 nitrogen and oxygen atoms in total. The highest BCUT2D eigenvalue weighted by atomic mass is 14.0. The molecule has 0 aromatic rings. The minimum atomic E-state index is 1.23. The topological polar surface area (TPSA) is 0 Å². The predicted molar refractivity (Wildman–Crippen MR) is 110 cm³/mol. The van der Waals surface area contributed by atoms with E-state index in [0.717, 1.165) is 0 Å². The Bertz CT molecular complexity index is 320. The standard InChI is InChI=1S/C24H40/c1-2-4-6-8-10-12-14-16-18-20-22-24-23-21-19-17-15-13-11-9-7-5-3-1/h1-8H,9-24H2. The second-order valence-corrected chi connectivity index (χ2v) is 7.15. The monoisotopic (exact) mass is 328 g/mol. The second-order valence-electron chi connectivity index (χ2n) is 7.15. The largest absolute Gasteiger partial charge is 0.0845 e. The highest BCUT2D eigenvalue weighted by Gasteiger charge is 1.94. The van der Waals surface area contributed by atoms with Gasteiger partial charge < -0.3 is 0 Å². The second kappa shape index (κ2) is 18.3. The highest BCUT2D eigenvalue weighted by Crippen LogP contribution is 2.14. The van der Waals surface area contributed by atoms with Crippen molar-refractivity contribution in [1.29, 1.82) is 0 Å². The molecule has 0 unspecified atom stereocenters. The molecule has 0 bridgehead atoms. The number of allylic oxidation sites excluding steroid dienone is 8. The molecule has 0 atom stereocenters. The summed E-state index contributed by atoms with van der Waals surface area (Å²) in [7, 11) is 0. The first-order valence-electron chi connectivity index (χ1n) is 10.6. The van der Waals surface area contributed by atoms with Gasteiger partial charge in [-0.25, -0.2) is 0 Å². The molecule has 0 radical (unpaired) electrons. The summed E-state index contributed by atoms with van der Waals surface area (Å²) in [5.41, 5.74) is 0. The zero-order valence-electron chi connectivity index (χ0n) is 15.9. The molecule has 0 N–H and O–H groups in total. The molecule has 0 amide bonds. The van der Waals surface area contributed by atoms with E-state index in [1.54, 1.807) is 0 Å². The molecule has 1 aliphatic rings. The molecule has 0 saturated carbocycles. The summed E-state index contributed by atoms with van der Waals surface area (Å²) in [5, 5.41) is 0. The fourth-order valence-electron chi connectivity index (χ4n) is 3.25. The fraction of sp³-hybridized carbons (Fsp3) is 0.667. The summed E-state index contributed by atoms with van der Waals surface area (Å²) >= 11 is 0. The van der Waals surface area contributed by atoms with Crippen molar-refractivity contribution in [1.82, 2.24) is 0 Å². The third kappa shape index (κ3) is 15.8. The first-order chi connectivity index (χ1) is 12.0. The lowest BCUT2D eigenvalue weighted by molar-refractivity contribution is 0.534. The van der Waals surface area contributed by atoms with Gasteiger partial charge in [-0.2, -0.15) is 0 Å². The van der Waals surface area contributed by atoms with Gasteiger partial charge in [0.2, 0.25) is 0 Å². The van der Waals surface area contributed by atoms with Gasteiger partial charge in [-0.3, -0.25) is 0 Å². The van der Waals surface area contributed by atoms with Crippen molar-refractivity contribution in [2.24, 2.45) is 0 Å². The minimum absolute atomic E-state index is 1.23. The molecule has 24 heavy (non-hydrogen) atoms. The Kier molecular flexibility index (Phi) is 16.0. The number of hydrogen-bond acceptors (Lipinski definition) is 0. The summed E-state index contributed by atoms with van der Waals surface area (Å²) in [4.78, 5) is 0. The van der Waals surface area contributed by atoms with Crippen LogP contribution >= 0.6 is 0 Å². The lowest BCUT2D eigenvalue weighted by atomic mass is 10.0. The first kappa shape index (κ1) is 21.0. The van der Waals surface area contributed by atoms with Crippen LogP contribution in [0.2, 0.25) is 0 Å². The molecule has 0 spiro atoms. The lowest BCUT2D eigenvalue weighted by Gasteiger charge is -2.03. The molecule has 0 fully saturated rings. The highest BCUT2D eigenvalue weighted by molar-refractivity contribution is 5.15. The van der Waals surface area contributed by atoms with Crippen LogP contribution in [-0.4, -0.2) is 0 Å². The van der Waals surface area contributed by atoms with E-state index in [1.165, 1.54) is 103 Å². The van der Waals surface area contributed by atoms with Crippen LogP contribution in [0.15, 0.2) is 48.6 Å². The summed E-state index contributed by atoms with van der Waals surface area (Å²) in [6.07, 6.45) is 40.0. The summed E-state index contributed by atoms with van der Waals surface area (Å²) in [5.74, 6) is 0. The van der Waals surface area contributed by atoms with E-state index in [0.29, 0.717) is 0 Å². The normalized spacial score (nSPS) is 21.3. The fourth-order valence-corrected chi connectivity index (χ4v) is 3.25. The van der Waals surface area contributed by atoms with Crippen LogP contribution in [-0.2, 0) is 0 Å². The zero-order chi connectivity index (χ0) is 17.0. The number of hydrogen-bond donors (Lipinski definition) is 0. The van der Waals surface area contributed by atoms with Crippen LogP contribution in [0.5, 0.6) is 0 Å². The molecule has 0 heterocycles. The van der Waals surface area contributed by atoms with E-state index in [4.69, 9.17) is 0 Å². The van der Waals surface area contributed by atoms with Crippen molar-refractivity contribution in [2.75, 3.05) is 0 Å². The van der Waals surface area contributed by atoms with E-state index in [1.807, 2.05) is 0 Å². The quantitative estimate of drug-likeness (QED) is 0.418. The van der Waals surface area contributed by atoms with Crippen molar-refractivity contribution < 1.29 is 0 Å². The third-order valence-electron chi connectivity index (χ3n) is 4.82. The van der Waals surface area contributed by atoms with Crippen molar-refractivity contribution in [2.45, 2.75) is 103 Å². The van der Waals surface area contributed by atoms with Crippen molar-refractivity contribution in [3.05, 3.63) is 48.6 Å². The van der Waals surface area contributed by atoms with E-state index in [-0.39, 0.29) is 0 Å². The maximum atomic E-state index is 2.30. The Morgan fingerprint density at radius 1 is 0.250 bits per heavy atom. The van der Waals surface area contributed by atoms with E-state index in [2.05, 4.69) is 48.6 Å². The average Bonchev–Trinajstić information content (AvgIpc) is 2.59. The Balaban J connectivity index is 2.20. The van der Waals surface area contributed by atoms with Crippen LogP contribution in [0.3, 0.4) is 0 Å². The molecule has 0 aliphatic heterocycles. The smallest absolute Gasteiger partial charge is 0.0348 e. The summed E-state index contributed by atoms with van der Waals surface area (Å²) in [6, 6.07) is 0. The Labute approximate surface area is 151 Å². The third-order valence-corrected chi connectivity index (χ3v) is 4.82. The summed E-state index contributed by atoms with van der Waals surface area (Å²) < 4.78 is 0. The van der Waals surface area contributed by atoms with Crippen molar-refractivity contribution >= 4 is 0 Å². The molecule has 1 rings (SSSR count). The van der Waals surface area contributed by atoms with Gasteiger partial charge in [-0.05, 0) is 25.7 Å². The van der Waals surface area contributed by atoms with Gasteiger partial charge in [-0.1, -0.05) is 126 Å². The molecular formula is C24H40. The van der Waals surface area contributed by atoms with Crippen molar-refractivity contribution in [3.8, 4) is 0 Å². The molecular weight excluding hydrogens is 288 g/mol. The molecule has 0 heteroatoms. The van der Waals surface area contributed by atoms with Gasteiger partial charge >= 0.3 is 0 Å². The number of rotatable bonds is 0. The predicted octanol–water partition coefficient (Wildman–Crippen LogP) is 8.47. The Hall–Kier alpha value is -1.04. The van der Waals surface area contributed by atoms with Gasteiger partial charge in [-0.15, -0.1) is 0 Å². The average molecular weight is 329 g/mol. The zero-order valence-corrected chi connectivity index (χ0v) is 15.9. The van der Waals surface area contributed by atoms with Crippen LogP contribution < -0.4 is 0 Å². The SMILES string of the molecule is C1=CC=CCCCCCCCCCCCCCCCCC=CC=C1. The van der Waals surface area contributed by atoms with E-state index < -0.39 is 0 Å². The van der Waals surface area contributed by atoms with Gasteiger partial charge in [0.05, 0.1) is 0 Å². The summed E-state index contributed by atoms with van der Waals surface area (Å²) in [6.45, 7) is 0. The lowest BCUT2D eigenvalue weighted by Crippen LogP contribution is -1.83. The van der Waals surface area contributed by atoms with Gasteiger partial charge in [0.25, 0.3) is 0 Å². The molecule has 136 valence electrons. The van der Waals surface area contributed by atoms with E-state index in [9.17, 15) is 0 Å². The molecule has 0 aromatic heterocycles.